The zero-order valence-electron chi connectivity index (χ0n) is 8.52. The summed E-state index contributed by atoms with van der Waals surface area (Å²) in [5, 5.41) is 0. The lowest BCUT2D eigenvalue weighted by molar-refractivity contribution is 0.312. The first kappa shape index (κ1) is 12.7. The quantitative estimate of drug-likeness (QED) is 0.450. The first-order valence-electron chi connectivity index (χ1n) is 4.65. The minimum Gasteiger partial charge on any atom is -0.266 e. The van der Waals surface area contributed by atoms with Crippen LogP contribution >= 0.6 is 0 Å². The van der Waals surface area contributed by atoms with Crippen molar-refractivity contribution >= 4 is 10.1 Å². The molecule has 86 valence electrons. The number of rotatable bonds is 5. The van der Waals surface area contributed by atoms with E-state index in [-0.39, 0.29) is 6.61 Å². The van der Waals surface area contributed by atoms with Gasteiger partial charge < -0.3 is 0 Å². The Balaban J connectivity index is 2.72. The van der Waals surface area contributed by atoms with E-state index < -0.39 is 20.8 Å². The normalized spacial score (nSPS) is 11.0. The van der Waals surface area contributed by atoms with E-state index in [1.54, 1.807) is 0 Å². The molecule has 0 saturated heterocycles. The van der Waals surface area contributed by atoms with Gasteiger partial charge in [0, 0.05) is 6.42 Å². The summed E-state index contributed by atoms with van der Waals surface area (Å²) in [7, 11) is -4.02. The van der Waals surface area contributed by atoms with Crippen molar-refractivity contribution in [1.29, 1.82) is 0 Å². The van der Waals surface area contributed by atoms with Crippen LogP contribution in [-0.4, -0.2) is 15.0 Å². The number of benzene rings is 1. The largest absolute Gasteiger partial charge is 0.299 e. The first-order valence-corrected chi connectivity index (χ1v) is 6.06. The number of halogens is 1. The van der Waals surface area contributed by atoms with Crippen LogP contribution in [-0.2, 0) is 14.3 Å². The maximum absolute atomic E-state index is 13.2. The number of hydrogen-bond donors (Lipinski definition) is 0. The van der Waals surface area contributed by atoms with E-state index >= 15 is 0 Å². The molecule has 1 rings (SSSR count). The zero-order chi connectivity index (χ0) is 12.0. The van der Waals surface area contributed by atoms with Crippen LogP contribution in [0.1, 0.15) is 12.8 Å². The predicted molar refractivity (Wildman–Crippen MR) is 57.6 cm³/mol. The van der Waals surface area contributed by atoms with Crippen LogP contribution in [0.2, 0.25) is 0 Å². The molecule has 16 heavy (non-hydrogen) atoms. The fourth-order valence-electron chi connectivity index (χ4n) is 1.05. The van der Waals surface area contributed by atoms with Gasteiger partial charge in [-0.3, -0.25) is 4.18 Å². The third-order valence-corrected chi connectivity index (χ3v) is 3.16. The summed E-state index contributed by atoms with van der Waals surface area (Å²) in [4.78, 5) is -0.448. The molecule has 0 fully saturated rings. The summed E-state index contributed by atoms with van der Waals surface area (Å²) in [6.07, 6.45) is 5.84. The molecule has 0 N–H and O–H groups in total. The van der Waals surface area contributed by atoms with Gasteiger partial charge in [-0.25, -0.2) is 4.39 Å². The molecule has 0 heterocycles. The monoisotopic (exact) mass is 242 g/mol. The van der Waals surface area contributed by atoms with Crippen molar-refractivity contribution in [3.8, 4) is 12.3 Å². The van der Waals surface area contributed by atoms with Gasteiger partial charge in [0.15, 0.2) is 0 Å². The molecule has 0 unspecified atom stereocenters. The second kappa shape index (κ2) is 5.64. The Morgan fingerprint density at radius 2 is 2.06 bits per heavy atom. The Kier molecular flexibility index (Phi) is 4.47. The maximum Gasteiger partial charge on any atom is 0.299 e. The van der Waals surface area contributed by atoms with E-state index in [2.05, 4.69) is 10.1 Å². The molecule has 1 aromatic carbocycles. The van der Waals surface area contributed by atoms with Crippen molar-refractivity contribution in [3.63, 3.8) is 0 Å². The number of hydrogen-bond acceptors (Lipinski definition) is 3. The van der Waals surface area contributed by atoms with E-state index in [4.69, 9.17) is 6.42 Å². The van der Waals surface area contributed by atoms with Gasteiger partial charge in [0.1, 0.15) is 10.7 Å². The van der Waals surface area contributed by atoms with Crippen molar-refractivity contribution in [2.24, 2.45) is 0 Å². The Morgan fingerprint density at radius 3 is 2.69 bits per heavy atom. The van der Waals surface area contributed by atoms with Gasteiger partial charge in [0.2, 0.25) is 0 Å². The minimum atomic E-state index is -4.02. The first-order chi connectivity index (χ1) is 7.58. The molecule has 0 aliphatic carbocycles. The molecule has 5 heteroatoms. The topological polar surface area (TPSA) is 43.4 Å². The zero-order valence-corrected chi connectivity index (χ0v) is 9.34. The lowest BCUT2D eigenvalue weighted by Gasteiger charge is -2.05. The van der Waals surface area contributed by atoms with Crippen molar-refractivity contribution in [2.45, 2.75) is 17.7 Å². The van der Waals surface area contributed by atoms with Gasteiger partial charge in [0.25, 0.3) is 10.1 Å². The highest BCUT2D eigenvalue weighted by molar-refractivity contribution is 7.86. The van der Waals surface area contributed by atoms with E-state index in [1.807, 2.05) is 0 Å². The van der Waals surface area contributed by atoms with Crippen LogP contribution in [0.5, 0.6) is 0 Å². The molecular weight excluding hydrogens is 231 g/mol. The van der Waals surface area contributed by atoms with E-state index in [9.17, 15) is 12.8 Å². The van der Waals surface area contributed by atoms with Crippen LogP contribution in [0, 0.1) is 18.2 Å². The average Bonchev–Trinajstić information content (AvgIpc) is 2.25. The lowest BCUT2D eigenvalue weighted by atomic mass is 10.3. The summed E-state index contributed by atoms with van der Waals surface area (Å²) in [5.74, 6) is 1.54. The number of terminal acetylenes is 1. The third-order valence-electron chi connectivity index (χ3n) is 1.81. The van der Waals surface area contributed by atoms with Crippen molar-refractivity contribution < 1.29 is 17.0 Å². The molecule has 0 saturated carbocycles. The van der Waals surface area contributed by atoms with Crippen LogP contribution in [0.25, 0.3) is 0 Å². The molecule has 0 aromatic heterocycles. The second-order valence-corrected chi connectivity index (χ2v) is 4.60. The van der Waals surface area contributed by atoms with Crippen molar-refractivity contribution in [1.82, 2.24) is 0 Å². The van der Waals surface area contributed by atoms with Crippen LogP contribution in [0.3, 0.4) is 0 Å². The van der Waals surface area contributed by atoms with Crippen molar-refractivity contribution in [3.05, 3.63) is 30.1 Å². The highest BCUT2D eigenvalue weighted by Gasteiger charge is 2.18. The smallest absolute Gasteiger partial charge is 0.266 e. The summed E-state index contributed by atoms with van der Waals surface area (Å²) in [6.45, 7) is -0.0408. The summed E-state index contributed by atoms with van der Waals surface area (Å²) < 4.78 is 40.8. The Morgan fingerprint density at radius 1 is 1.38 bits per heavy atom. The fraction of sp³-hybridized carbons (Fsp3) is 0.273. The van der Waals surface area contributed by atoms with Gasteiger partial charge >= 0.3 is 0 Å². The Hall–Kier alpha value is -1.38. The second-order valence-electron chi connectivity index (χ2n) is 3.01. The van der Waals surface area contributed by atoms with E-state index in [0.29, 0.717) is 12.8 Å². The molecule has 0 spiro atoms. The van der Waals surface area contributed by atoms with Gasteiger partial charge in [-0.05, 0) is 18.6 Å². The number of unbranched alkanes of at least 4 members (excludes halogenated alkanes) is 1. The predicted octanol–water partition coefficient (Wildman–Crippen LogP) is 1.94. The Labute approximate surface area is 94.4 Å². The fourth-order valence-corrected chi connectivity index (χ4v) is 2.07. The average molecular weight is 242 g/mol. The summed E-state index contributed by atoms with van der Waals surface area (Å²) in [5.41, 5.74) is 0. The highest BCUT2D eigenvalue weighted by atomic mass is 32.2. The summed E-state index contributed by atoms with van der Waals surface area (Å²) in [6, 6.07) is 5.07. The molecule has 1 aromatic rings. The van der Waals surface area contributed by atoms with Crippen LogP contribution in [0.15, 0.2) is 29.2 Å². The molecule has 0 radical (unpaired) electrons. The SMILES string of the molecule is C#CCCCOS(=O)(=O)c1ccccc1F. The van der Waals surface area contributed by atoms with E-state index in [1.165, 1.54) is 12.1 Å². The van der Waals surface area contributed by atoms with Gasteiger partial charge in [-0.1, -0.05) is 12.1 Å². The molecule has 0 atom stereocenters. The minimum absolute atomic E-state index is 0.0408. The molecule has 0 bridgehead atoms. The molecule has 0 aliphatic rings. The highest BCUT2D eigenvalue weighted by Crippen LogP contribution is 2.16. The lowest BCUT2D eigenvalue weighted by Crippen LogP contribution is -2.09. The Bertz CT molecular complexity index is 488. The maximum atomic E-state index is 13.2. The third kappa shape index (κ3) is 3.33. The van der Waals surface area contributed by atoms with Gasteiger partial charge in [0.05, 0.1) is 6.61 Å². The van der Waals surface area contributed by atoms with Crippen molar-refractivity contribution in [2.75, 3.05) is 6.61 Å². The molecule has 3 nitrogen and oxygen atoms in total. The van der Waals surface area contributed by atoms with Crippen LogP contribution < -0.4 is 0 Å². The molecule has 0 amide bonds. The molecule has 0 aliphatic heterocycles. The van der Waals surface area contributed by atoms with Gasteiger partial charge in [-0.2, -0.15) is 8.42 Å². The van der Waals surface area contributed by atoms with Gasteiger partial charge in [-0.15, -0.1) is 12.3 Å². The molecular formula is C11H11FO3S. The summed E-state index contributed by atoms with van der Waals surface area (Å²) >= 11 is 0. The standard InChI is InChI=1S/C11H11FO3S/c1-2-3-6-9-15-16(13,14)11-8-5-4-7-10(11)12/h1,4-5,7-8H,3,6,9H2. The van der Waals surface area contributed by atoms with Crippen LogP contribution in [0.4, 0.5) is 4.39 Å². The van der Waals surface area contributed by atoms with E-state index in [0.717, 1.165) is 12.1 Å².